The summed E-state index contributed by atoms with van der Waals surface area (Å²) in [6.45, 7) is 9.12. The van der Waals surface area contributed by atoms with E-state index in [9.17, 15) is 8.42 Å². The molecule has 0 aliphatic heterocycles. The topological polar surface area (TPSA) is 91.8 Å². The van der Waals surface area contributed by atoms with Gasteiger partial charge in [0.05, 0.1) is 18.0 Å². The van der Waals surface area contributed by atoms with Gasteiger partial charge in [0, 0.05) is 26.7 Å². The molecule has 0 atom stereocenters. The second-order valence-electron chi connectivity index (χ2n) is 7.05. The van der Waals surface area contributed by atoms with Crippen LogP contribution in [0.25, 0.3) is 0 Å². The number of nitrogens with one attached hydrogen (secondary N) is 3. The Morgan fingerprint density at radius 3 is 2.59 bits per heavy atom. The van der Waals surface area contributed by atoms with Crippen molar-refractivity contribution < 1.29 is 13.2 Å². The fourth-order valence-corrected chi connectivity index (χ4v) is 3.65. The Balaban J connectivity index is 0.00000784. The molecule has 0 saturated carbocycles. The van der Waals surface area contributed by atoms with Crippen LogP contribution in [-0.2, 0) is 21.3 Å². The van der Waals surface area contributed by atoms with Crippen molar-refractivity contribution in [2.24, 2.45) is 10.9 Å². The second kappa shape index (κ2) is 15.9. The largest absolute Gasteiger partial charge is 0.383 e. The van der Waals surface area contributed by atoms with Crippen molar-refractivity contribution in [3.05, 3.63) is 29.8 Å². The number of benzene rings is 1. The summed E-state index contributed by atoms with van der Waals surface area (Å²) in [5.41, 5.74) is 0.839. The number of halogens is 1. The average molecular weight is 541 g/mol. The van der Waals surface area contributed by atoms with Gasteiger partial charge >= 0.3 is 0 Å². The Bertz CT molecular complexity index is 697. The van der Waals surface area contributed by atoms with Crippen molar-refractivity contribution >= 4 is 40.0 Å². The van der Waals surface area contributed by atoms with E-state index in [2.05, 4.69) is 34.2 Å². The highest BCUT2D eigenvalue weighted by molar-refractivity contribution is 14.0. The number of guanidine groups is 1. The minimum absolute atomic E-state index is 0. The van der Waals surface area contributed by atoms with E-state index in [-0.39, 0.29) is 35.4 Å². The highest BCUT2D eigenvalue weighted by Gasteiger charge is 2.13. The summed E-state index contributed by atoms with van der Waals surface area (Å²) in [7, 11) is -2.01. The number of rotatable bonds is 13. The Morgan fingerprint density at radius 1 is 1.17 bits per heavy atom. The SMILES string of the molecule is CCNC(=NCc1cccc(S(=O)(=O)NCCOC)c1)NCCCCC(C)C.I. The Morgan fingerprint density at radius 2 is 1.93 bits per heavy atom. The maximum absolute atomic E-state index is 12.3. The van der Waals surface area contributed by atoms with Crippen LogP contribution in [-0.4, -0.2) is 47.7 Å². The van der Waals surface area contributed by atoms with E-state index in [0.29, 0.717) is 13.2 Å². The molecule has 0 saturated heterocycles. The molecule has 9 heteroatoms. The lowest BCUT2D eigenvalue weighted by Gasteiger charge is -2.12. The molecule has 0 fully saturated rings. The molecule has 0 amide bonds. The van der Waals surface area contributed by atoms with E-state index in [1.54, 1.807) is 18.2 Å². The van der Waals surface area contributed by atoms with Gasteiger partial charge in [0.1, 0.15) is 0 Å². The third-order valence-corrected chi connectivity index (χ3v) is 5.53. The van der Waals surface area contributed by atoms with Crippen LogP contribution >= 0.6 is 24.0 Å². The zero-order chi connectivity index (χ0) is 20.8. The van der Waals surface area contributed by atoms with E-state index < -0.39 is 10.0 Å². The predicted octanol–water partition coefficient (Wildman–Crippen LogP) is 3.11. The standard InChI is InChI=1S/C20H36N4O3S.HI/c1-5-21-20(22-12-7-6-9-17(2)3)23-16-18-10-8-11-19(15-18)28(25,26)24-13-14-27-4;/h8,10-11,15,17,24H,5-7,9,12-14,16H2,1-4H3,(H2,21,22,23);1H. The molecule has 0 unspecified atom stereocenters. The summed E-state index contributed by atoms with van der Waals surface area (Å²) < 4.78 is 32.1. The van der Waals surface area contributed by atoms with Crippen molar-refractivity contribution in [1.82, 2.24) is 15.4 Å². The first-order valence-corrected chi connectivity index (χ1v) is 11.5. The zero-order valence-electron chi connectivity index (χ0n) is 18.0. The van der Waals surface area contributed by atoms with Gasteiger partial charge in [-0.1, -0.05) is 38.8 Å². The van der Waals surface area contributed by atoms with Crippen molar-refractivity contribution in [3.8, 4) is 0 Å². The van der Waals surface area contributed by atoms with Gasteiger partial charge < -0.3 is 15.4 Å². The quantitative estimate of drug-likeness (QED) is 0.155. The molecule has 0 aromatic heterocycles. The lowest BCUT2D eigenvalue weighted by molar-refractivity contribution is 0.204. The molecule has 1 rings (SSSR count). The fourth-order valence-electron chi connectivity index (χ4n) is 2.57. The normalized spacial score (nSPS) is 12.0. The Hall–Kier alpha value is -0.910. The molecule has 0 bridgehead atoms. The van der Waals surface area contributed by atoms with Gasteiger partial charge in [-0.25, -0.2) is 18.1 Å². The number of ether oxygens (including phenoxy) is 1. The third-order valence-electron chi connectivity index (χ3n) is 4.07. The number of unbranched alkanes of at least 4 members (excludes halogenated alkanes) is 1. The summed E-state index contributed by atoms with van der Waals surface area (Å²) in [4.78, 5) is 4.81. The van der Waals surface area contributed by atoms with Gasteiger partial charge in [-0.3, -0.25) is 0 Å². The lowest BCUT2D eigenvalue weighted by Crippen LogP contribution is -2.37. The maximum atomic E-state index is 12.3. The number of sulfonamides is 1. The summed E-state index contributed by atoms with van der Waals surface area (Å²) in [5, 5.41) is 6.56. The first-order chi connectivity index (χ1) is 13.4. The van der Waals surface area contributed by atoms with Gasteiger partial charge in [-0.15, -0.1) is 24.0 Å². The molecule has 1 aromatic rings. The maximum Gasteiger partial charge on any atom is 0.240 e. The molecule has 0 aliphatic carbocycles. The third kappa shape index (κ3) is 12.4. The minimum atomic E-state index is -3.54. The van der Waals surface area contributed by atoms with Crippen molar-refractivity contribution in [3.63, 3.8) is 0 Å². The Labute approximate surface area is 193 Å². The second-order valence-corrected chi connectivity index (χ2v) is 8.82. The summed E-state index contributed by atoms with van der Waals surface area (Å²) >= 11 is 0. The molecule has 3 N–H and O–H groups in total. The molecule has 0 spiro atoms. The van der Waals surface area contributed by atoms with Crippen molar-refractivity contribution in [2.45, 2.75) is 51.5 Å². The first kappa shape index (κ1) is 28.1. The van der Waals surface area contributed by atoms with Crippen LogP contribution in [0.1, 0.15) is 45.6 Å². The van der Waals surface area contributed by atoms with Gasteiger partial charge in [0.15, 0.2) is 5.96 Å². The van der Waals surface area contributed by atoms with Gasteiger partial charge in [-0.05, 0) is 37.0 Å². The molecular formula is C20H37IN4O3S. The van der Waals surface area contributed by atoms with Crippen molar-refractivity contribution in [2.75, 3.05) is 33.4 Å². The summed E-state index contributed by atoms with van der Waals surface area (Å²) in [6, 6.07) is 6.86. The van der Waals surface area contributed by atoms with Crippen LogP contribution in [0.5, 0.6) is 0 Å². The summed E-state index contributed by atoms with van der Waals surface area (Å²) in [5.74, 6) is 1.48. The van der Waals surface area contributed by atoms with Crippen molar-refractivity contribution in [1.29, 1.82) is 0 Å². The molecule has 0 aliphatic rings. The number of hydrogen-bond acceptors (Lipinski definition) is 4. The molecule has 0 radical (unpaired) electrons. The number of methoxy groups -OCH3 is 1. The summed E-state index contributed by atoms with van der Waals surface area (Å²) in [6.07, 6.45) is 3.53. The molecular weight excluding hydrogens is 503 g/mol. The van der Waals surface area contributed by atoms with E-state index in [0.717, 1.165) is 37.0 Å². The van der Waals surface area contributed by atoms with E-state index in [1.807, 2.05) is 13.0 Å². The first-order valence-electron chi connectivity index (χ1n) is 9.98. The molecule has 29 heavy (non-hydrogen) atoms. The predicted molar refractivity (Wildman–Crippen MR) is 130 cm³/mol. The van der Waals surface area contributed by atoms with Crippen LogP contribution in [0.2, 0.25) is 0 Å². The zero-order valence-corrected chi connectivity index (χ0v) is 21.2. The van der Waals surface area contributed by atoms with E-state index in [4.69, 9.17) is 4.74 Å². The molecule has 0 heterocycles. The van der Waals surface area contributed by atoms with Crippen LogP contribution in [0.3, 0.4) is 0 Å². The van der Waals surface area contributed by atoms with E-state index >= 15 is 0 Å². The number of hydrogen-bond donors (Lipinski definition) is 3. The van der Waals surface area contributed by atoms with Gasteiger partial charge in [0.25, 0.3) is 0 Å². The minimum Gasteiger partial charge on any atom is -0.383 e. The van der Waals surface area contributed by atoms with Crippen LogP contribution < -0.4 is 15.4 Å². The van der Waals surface area contributed by atoms with Crippen LogP contribution in [0.4, 0.5) is 0 Å². The van der Waals surface area contributed by atoms with Crippen LogP contribution in [0.15, 0.2) is 34.2 Å². The number of nitrogens with zero attached hydrogens (tertiary/aromatic N) is 1. The highest BCUT2D eigenvalue weighted by Crippen LogP contribution is 2.12. The fraction of sp³-hybridized carbons (Fsp3) is 0.650. The van der Waals surface area contributed by atoms with Gasteiger partial charge in [-0.2, -0.15) is 0 Å². The smallest absolute Gasteiger partial charge is 0.240 e. The lowest BCUT2D eigenvalue weighted by atomic mass is 10.1. The monoisotopic (exact) mass is 540 g/mol. The number of aliphatic imine (C=N–C) groups is 1. The van der Waals surface area contributed by atoms with Crippen LogP contribution in [0, 0.1) is 5.92 Å². The highest BCUT2D eigenvalue weighted by atomic mass is 127. The molecule has 168 valence electrons. The van der Waals surface area contributed by atoms with E-state index in [1.165, 1.54) is 20.0 Å². The molecule has 7 nitrogen and oxygen atoms in total. The van der Waals surface area contributed by atoms with Gasteiger partial charge in [0.2, 0.25) is 10.0 Å². The Kier molecular flexibility index (Phi) is 15.4. The molecule has 1 aromatic carbocycles. The average Bonchev–Trinajstić information content (AvgIpc) is 2.66.